The van der Waals surface area contributed by atoms with E-state index in [9.17, 15) is 0 Å². The molecular weight excluding hydrogens is 284 g/mol. The van der Waals surface area contributed by atoms with Crippen LogP contribution in [0.25, 0.3) is 11.0 Å². The van der Waals surface area contributed by atoms with Crippen molar-refractivity contribution in [2.45, 2.75) is 50.9 Å². The number of benzene rings is 1. The summed E-state index contributed by atoms with van der Waals surface area (Å²) in [5.74, 6) is 2.95. The van der Waals surface area contributed by atoms with Crippen molar-refractivity contribution < 1.29 is 4.74 Å². The maximum atomic E-state index is 6.16. The van der Waals surface area contributed by atoms with E-state index >= 15 is 0 Å². The van der Waals surface area contributed by atoms with Gasteiger partial charge in [0.05, 0.1) is 18.5 Å². The summed E-state index contributed by atoms with van der Waals surface area (Å²) in [6.07, 6.45) is 6.70. The molecule has 1 heterocycles. The first kappa shape index (κ1) is 14.7. The Bertz CT molecular complexity index is 617. The molecule has 0 radical (unpaired) electrons. The van der Waals surface area contributed by atoms with E-state index in [0.717, 1.165) is 28.5 Å². The van der Waals surface area contributed by atoms with Crippen LogP contribution in [-0.4, -0.2) is 16.7 Å². The quantitative estimate of drug-likeness (QED) is 0.749. The van der Waals surface area contributed by atoms with Crippen LogP contribution in [0.5, 0.6) is 5.75 Å². The molecule has 0 amide bonds. The Morgan fingerprint density at radius 3 is 2.76 bits per heavy atom. The molecule has 114 valence electrons. The van der Waals surface area contributed by atoms with E-state index in [4.69, 9.17) is 21.3 Å². The second-order valence-corrected chi connectivity index (χ2v) is 6.27. The van der Waals surface area contributed by atoms with Gasteiger partial charge in [-0.25, -0.2) is 4.98 Å². The summed E-state index contributed by atoms with van der Waals surface area (Å²) in [4.78, 5) is 4.72. The van der Waals surface area contributed by atoms with Gasteiger partial charge in [-0.15, -0.1) is 11.6 Å². The van der Waals surface area contributed by atoms with E-state index in [1.165, 1.54) is 32.1 Å². The highest BCUT2D eigenvalue weighted by atomic mass is 35.5. The van der Waals surface area contributed by atoms with Crippen LogP contribution in [0.4, 0.5) is 0 Å². The highest BCUT2D eigenvalue weighted by Crippen LogP contribution is 2.37. The number of alkyl halides is 1. The van der Waals surface area contributed by atoms with Crippen molar-refractivity contribution in [3.8, 4) is 5.75 Å². The monoisotopic (exact) mass is 306 g/mol. The first-order valence-electron chi connectivity index (χ1n) is 7.86. The van der Waals surface area contributed by atoms with Gasteiger partial charge >= 0.3 is 0 Å². The summed E-state index contributed by atoms with van der Waals surface area (Å²) in [7, 11) is 1.69. The third-order valence-corrected chi connectivity index (χ3v) is 5.07. The predicted molar refractivity (Wildman–Crippen MR) is 87.1 cm³/mol. The minimum absolute atomic E-state index is 0.439. The molecule has 1 aliphatic carbocycles. The standard InChI is InChI=1S/C17H23ClN2O/c1-12(13-7-4-3-5-8-13)20-14-9-6-10-15(21-2)17(14)19-16(20)11-18/h6,9-10,12-13H,3-5,7-8,11H2,1-2H3. The van der Waals surface area contributed by atoms with Crippen molar-refractivity contribution in [2.24, 2.45) is 5.92 Å². The number of aromatic nitrogens is 2. The summed E-state index contributed by atoms with van der Waals surface area (Å²) >= 11 is 6.16. The fraction of sp³-hybridized carbons (Fsp3) is 0.588. The molecule has 4 heteroatoms. The number of ether oxygens (including phenoxy) is 1. The predicted octanol–water partition coefficient (Wildman–Crippen LogP) is 4.93. The smallest absolute Gasteiger partial charge is 0.146 e. The summed E-state index contributed by atoms with van der Waals surface area (Å²) in [6, 6.07) is 6.56. The number of rotatable bonds is 4. The third-order valence-electron chi connectivity index (χ3n) is 4.83. The highest BCUT2D eigenvalue weighted by Gasteiger charge is 2.25. The Morgan fingerprint density at radius 1 is 1.33 bits per heavy atom. The number of hydrogen-bond acceptors (Lipinski definition) is 2. The molecule has 0 N–H and O–H groups in total. The molecule has 0 bridgehead atoms. The zero-order valence-corrected chi connectivity index (χ0v) is 13.6. The van der Waals surface area contributed by atoms with E-state index in [0.29, 0.717) is 11.9 Å². The largest absolute Gasteiger partial charge is 0.494 e. The van der Waals surface area contributed by atoms with Crippen LogP contribution in [0.15, 0.2) is 18.2 Å². The SMILES string of the molecule is COc1cccc2c1nc(CCl)n2C(C)C1CCCCC1. The van der Waals surface area contributed by atoms with Gasteiger partial charge in [0.1, 0.15) is 17.1 Å². The summed E-state index contributed by atoms with van der Waals surface area (Å²) in [5, 5.41) is 0. The van der Waals surface area contributed by atoms with Crippen molar-refractivity contribution >= 4 is 22.6 Å². The van der Waals surface area contributed by atoms with Gasteiger partial charge in [0, 0.05) is 6.04 Å². The molecule has 0 saturated heterocycles. The van der Waals surface area contributed by atoms with E-state index in [1.54, 1.807) is 7.11 Å². The molecule has 3 rings (SSSR count). The third kappa shape index (κ3) is 2.64. The van der Waals surface area contributed by atoms with Gasteiger partial charge < -0.3 is 9.30 Å². The molecule has 0 spiro atoms. The molecule has 0 aliphatic heterocycles. The van der Waals surface area contributed by atoms with Crippen LogP contribution in [0.1, 0.15) is 50.9 Å². The molecule has 1 aromatic heterocycles. The summed E-state index contributed by atoms with van der Waals surface area (Å²) in [5.41, 5.74) is 2.07. The Kier molecular flexibility index (Phi) is 4.39. The normalized spacial score (nSPS) is 18.0. The molecule has 1 aliphatic rings. The van der Waals surface area contributed by atoms with Gasteiger partial charge in [0.15, 0.2) is 0 Å². The molecule has 1 aromatic carbocycles. The fourth-order valence-electron chi connectivity index (χ4n) is 3.68. The van der Waals surface area contributed by atoms with Gasteiger partial charge in [-0.2, -0.15) is 0 Å². The first-order valence-corrected chi connectivity index (χ1v) is 8.39. The lowest BCUT2D eigenvalue weighted by atomic mass is 9.84. The van der Waals surface area contributed by atoms with E-state index in [2.05, 4.69) is 17.6 Å². The first-order chi connectivity index (χ1) is 10.3. The van der Waals surface area contributed by atoms with Crippen LogP contribution in [0.3, 0.4) is 0 Å². The van der Waals surface area contributed by atoms with Gasteiger partial charge in [0.25, 0.3) is 0 Å². The zero-order chi connectivity index (χ0) is 14.8. The molecule has 1 saturated carbocycles. The van der Waals surface area contributed by atoms with Crippen LogP contribution < -0.4 is 4.74 Å². The Balaban J connectivity index is 2.07. The highest BCUT2D eigenvalue weighted by molar-refractivity contribution is 6.16. The van der Waals surface area contributed by atoms with Crippen molar-refractivity contribution in [1.29, 1.82) is 0 Å². The van der Waals surface area contributed by atoms with Crippen LogP contribution in [0, 0.1) is 5.92 Å². The zero-order valence-electron chi connectivity index (χ0n) is 12.8. The molecule has 1 unspecified atom stereocenters. The van der Waals surface area contributed by atoms with Gasteiger partial charge in [0.2, 0.25) is 0 Å². The summed E-state index contributed by atoms with van der Waals surface area (Å²) in [6.45, 7) is 2.31. The Morgan fingerprint density at radius 2 is 2.10 bits per heavy atom. The van der Waals surface area contributed by atoms with Crippen molar-refractivity contribution in [1.82, 2.24) is 9.55 Å². The number of hydrogen-bond donors (Lipinski definition) is 0. The Hall–Kier alpha value is -1.22. The molecule has 21 heavy (non-hydrogen) atoms. The number of methoxy groups -OCH3 is 1. The molecule has 1 fully saturated rings. The number of nitrogens with zero attached hydrogens (tertiary/aromatic N) is 2. The number of fused-ring (bicyclic) bond motifs is 1. The molecular formula is C17H23ClN2O. The lowest BCUT2D eigenvalue weighted by Gasteiger charge is -2.30. The van der Waals surface area contributed by atoms with Gasteiger partial charge in [-0.1, -0.05) is 25.3 Å². The number of para-hydroxylation sites is 1. The van der Waals surface area contributed by atoms with Gasteiger partial charge in [-0.05, 0) is 37.8 Å². The average molecular weight is 307 g/mol. The lowest BCUT2D eigenvalue weighted by molar-refractivity contribution is 0.265. The maximum absolute atomic E-state index is 6.16. The van der Waals surface area contributed by atoms with Gasteiger partial charge in [-0.3, -0.25) is 0 Å². The van der Waals surface area contributed by atoms with Crippen LogP contribution in [0.2, 0.25) is 0 Å². The minimum atomic E-state index is 0.439. The van der Waals surface area contributed by atoms with E-state index in [1.807, 2.05) is 12.1 Å². The van der Waals surface area contributed by atoms with Crippen molar-refractivity contribution in [3.63, 3.8) is 0 Å². The Labute approximate surface area is 131 Å². The molecule has 1 atom stereocenters. The summed E-state index contributed by atoms with van der Waals surface area (Å²) < 4.78 is 7.78. The van der Waals surface area contributed by atoms with E-state index in [-0.39, 0.29) is 0 Å². The van der Waals surface area contributed by atoms with E-state index < -0.39 is 0 Å². The topological polar surface area (TPSA) is 27.1 Å². The van der Waals surface area contributed by atoms with Crippen molar-refractivity contribution in [2.75, 3.05) is 7.11 Å². The molecule has 2 aromatic rings. The van der Waals surface area contributed by atoms with Crippen LogP contribution in [-0.2, 0) is 5.88 Å². The maximum Gasteiger partial charge on any atom is 0.146 e. The second-order valence-electron chi connectivity index (χ2n) is 6.00. The second kappa shape index (κ2) is 6.27. The van der Waals surface area contributed by atoms with Crippen LogP contribution >= 0.6 is 11.6 Å². The lowest BCUT2D eigenvalue weighted by Crippen LogP contribution is -2.20. The van der Waals surface area contributed by atoms with Crippen molar-refractivity contribution in [3.05, 3.63) is 24.0 Å². The minimum Gasteiger partial charge on any atom is -0.494 e. The fourth-order valence-corrected chi connectivity index (χ4v) is 3.87. The average Bonchev–Trinajstić information content (AvgIpc) is 2.93. The number of halogens is 1. The number of imidazole rings is 1. The molecule has 3 nitrogen and oxygen atoms in total.